The molecule has 1 aromatic rings. The molecule has 6 heteroatoms. The van der Waals surface area contributed by atoms with E-state index in [1.54, 1.807) is 17.9 Å². The Hall–Kier alpha value is -1.56. The standard InChI is InChI=1S/C13H18N4OS/c1-8-7-10(9(2)16-15-8)13(18)17-6-4-3-5-11(17)12(14)19/h7,11H,3-6H2,1-2H3,(H2,14,19). The van der Waals surface area contributed by atoms with Crippen LogP contribution >= 0.6 is 12.2 Å². The van der Waals surface area contributed by atoms with Crippen LogP contribution in [-0.4, -0.2) is 38.6 Å². The van der Waals surface area contributed by atoms with Gasteiger partial charge >= 0.3 is 0 Å². The Kier molecular flexibility index (Phi) is 4.09. The topological polar surface area (TPSA) is 72.1 Å². The molecule has 1 aliphatic rings. The lowest BCUT2D eigenvalue weighted by molar-refractivity contribution is 0.0680. The number of hydrogen-bond donors (Lipinski definition) is 1. The summed E-state index contributed by atoms with van der Waals surface area (Å²) in [6.07, 6.45) is 2.89. The first kappa shape index (κ1) is 13.9. The molecule has 5 nitrogen and oxygen atoms in total. The fourth-order valence-corrected chi connectivity index (χ4v) is 2.64. The molecular formula is C13H18N4OS. The number of amides is 1. The van der Waals surface area contributed by atoms with Crippen molar-refractivity contribution in [2.45, 2.75) is 39.2 Å². The zero-order chi connectivity index (χ0) is 14.0. The number of thiocarbonyl (C=S) groups is 1. The van der Waals surface area contributed by atoms with Crippen molar-refractivity contribution in [2.75, 3.05) is 6.54 Å². The van der Waals surface area contributed by atoms with Crippen molar-refractivity contribution in [3.05, 3.63) is 23.0 Å². The fraction of sp³-hybridized carbons (Fsp3) is 0.538. The van der Waals surface area contributed by atoms with Crippen molar-refractivity contribution >= 4 is 23.1 Å². The summed E-state index contributed by atoms with van der Waals surface area (Å²) in [5, 5.41) is 7.95. The number of nitrogens with zero attached hydrogens (tertiary/aromatic N) is 3. The molecular weight excluding hydrogens is 260 g/mol. The van der Waals surface area contributed by atoms with Crippen molar-refractivity contribution in [1.29, 1.82) is 0 Å². The highest BCUT2D eigenvalue weighted by molar-refractivity contribution is 7.80. The summed E-state index contributed by atoms with van der Waals surface area (Å²) in [7, 11) is 0. The first-order valence-electron chi connectivity index (χ1n) is 6.42. The van der Waals surface area contributed by atoms with Crippen molar-refractivity contribution < 1.29 is 4.79 Å². The fourth-order valence-electron chi connectivity index (χ4n) is 2.39. The lowest BCUT2D eigenvalue weighted by Crippen LogP contribution is -2.50. The van der Waals surface area contributed by atoms with Crippen molar-refractivity contribution in [1.82, 2.24) is 15.1 Å². The summed E-state index contributed by atoms with van der Waals surface area (Å²) in [5.41, 5.74) is 7.72. The molecule has 1 saturated heterocycles. The molecule has 0 aromatic carbocycles. The second-order valence-corrected chi connectivity index (χ2v) is 5.37. The van der Waals surface area contributed by atoms with Crippen LogP contribution < -0.4 is 5.73 Å². The molecule has 2 N–H and O–H groups in total. The highest BCUT2D eigenvalue weighted by Crippen LogP contribution is 2.21. The predicted octanol–water partition coefficient (Wildman–Crippen LogP) is 1.37. The zero-order valence-electron chi connectivity index (χ0n) is 11.2. The van der Waals surface area contributed by atoms with Gasteiger partial charge in [0, 0.05) is 6.54 Å². The van der Waals surface area contributed by atoms with Gasteiger partial charge in [0.1, 0.15) is 0 Å². The lowest BCUT2D eigenvalue weighted by atomic mass is 10.0. The summed E-state index contributed by atoms with van der Waals surface area (Å²) in [6, 6.07) is 1.64. The van der Waals surface area contributed by atoms with Gasteiger partial charge in [0.15, 0.2) is 0 Å². The molecule has 1 unspecified atom stereocenters. The molecule has 1 atom stereocenters. The van der Waals surface area contributed by atoms with Crippen molar-refractivity contribution in [3.63, 3.8) is 0 Å². The molecule has 0 spiro atoms. The van der Waals surface area contributed by atoms with E-state index in [0.717, 1.165) is 25.0 Å². The molecule has 19 heavy (non-hydrogen) atoms. The van der Waals surface area contributed by atoms with Gasteiger partial charge in [0.2, 0.25) is 0 Å². The first-order chi connectivity index (χ1) is 9.00. The van der Waals surface area contributed by atoms with Gasteiger partial charge in [-0.15, -0.1) is 0 Å². The Morgan fingerprint density at radius 3 is 2.84 bits per heavy atom. The van der Waals surface area contributed by atoms with E-state index in [9.17, 15) is 4.79 Å². The van der Waals surface area contributed by atoms with Crippen LogP contribution in [0.4, 0.5) is 0 Å². The third-order valence-electron chi connectivity index (χ3n) is 3.42. The number of rotatable bonds is 2. The third kappa shape index (κ3) is 2.89. The molecule has 2 heterocycles. The van der Waals surface area contributed by atoms with Gasteiger partial charge in [-0.25, -0.2) is 0 Å². The SMILES string of the molecule is Cc1cc(C(=O)N2CCCCC2C(N)=S)c(C)nn1. The van der Waals surface area contributed by atoms with Gasteiger partial charge in [0.25, 0.3) is 5.91 Å². The summed E-state index contributed by atoms with van der Waals surface area (Å²) in [4.78, 5) is 14.8. The summed E-state index contributed by atoms with van der Waals surface area (Å²) >= 11 is 5.08. The van der Waals surface area contributed by atoms with Crippen LogP contribution in [-0.2, 0) is 0 Å². The average molecular weight is 278 g/mol. The van der Waals surface area contributed by atoms with Crippen LogP contribution in [0.5, 0.6) is 0 Å². The minimum atomic E-state index is -0.135. The van der Waals surface area contributed by atoms with E-state index < -0.39 is 0 Å². The number of piperidine rings is 1. The highest BCUT2D eigenvalue weighted by Gasteiger charge is 2.30. The van der Waals surface area contributed by atoms with Crippen LogP contribution in [0.1, 0.15) is 41.0 Å². The second kappa shape index (κ2) is 5.61. The molecule has 1 aliphatic heterocycles. The molecule has 2 rings (SSSR count). The van der Waals surface area contributed by atoms with E-state index >= 15 is 0 Å². The summed E-state index contributed by atoms with van der Waals surface area (Å²) in [6.45, 7) is 4.31. The Bertz CT molecular complexity index is 517. The largest absolute Gasteiger partial charge is 0.392 e. The monoisotopic (exact) mass is 278 g/mol. The van der Waals surface area contributed by atoms with Gasteiger partial charge in [-0.2, -0.15) is 10.2 Å². The number of carbonyl (C=O) groups is 1. The van der Waals surface area contributed by atoms with E-state index in [2.05, 4.69) is 10.2 Å². The van der Waals surface area contributed by atoms with Gasteiger partial charge in [-0.05, 0) is 39.2 Å². The van der Waals surface area contributed by atoms with E-state index in [4.69, 9.17) is 18.0 Å². The second-order valence-electron chi connectivity index (χ2n) is 4.90. The Balaban J connectivity index is 2.31. The van der Waals surface area contributed by atoms with Crippen molar-refractivity contribution in [2.24, 2.45) is 5.73 Å². The normalized spacial score (nSPS) is 19.3. The molecule has 102 valence electrons. The van der Waals surface area contributed by atoms with Gasteiger partial charge in [-0.1, -0.05) is 12.2 Å². The number of carbonyl (C=O) groups excluding carboxylic acids is 1. The minimum absolute atomic E-state index is 0.0481. The Morgan fingerprint density at radius 2 is 2.16 bits per heavy atom. The quantitative estimate of drug-likeness (QED) is 0.827. The van der Waals surface area contributed by atoms with Crippen LogP contribution in [0.15, 0.2) is 6.07 Å². The zero-order valence-corrected chi connectivity index (χ0v) is 12.0. The van der Waals surface area contributed by atoms with Gasteiger partial charge in [-0.3, -0.25) is 4.79 Å². The maximum Gasteiger partial charge on any atom is 0.256 e. The molecule has 1 amide bonds. The molecule has 0 saturated carbocycles. The van der Waals surface area contributed by atoms with E-state index in [1.165, 1.54) is 0 Å². The molecule has 0 bridgehead atoms. The maximum atomic E-state index is 12.6. The Labute approximate surface area is 118 Å². The number of aryl methyl sites for hydroxylation is 2. The third-order valence-corrected chi connectivity index (χ3v) is 3.70. The summed E-state index contributed by atoms with van der Waals surface area (Å²) in [5.74, 6) is -0.0481. The van der Waals surface area contributed by atoms with E-state index in [-0.39, 0.29) is 11.9 Å². The number of aromatic nitrogens is 2. The average Bonchev–Trinajstić information content (AvgIpc) is 2.40. The molecule has 1 aromatic heterocycles. The van der Waals surface area contributed by atoms with Crippen molar-refractivity contribution in [3.8, 4) is 0 Å². The minimum Gasteiger partial charge on any atom is -0.392 e. The maximum absolute atomic E-state index is 12.6. The molecule has 0 radical (unpaired) electrons. The van der Waals surface area contributed by atoms with Crippen LogP contribution in [0, 0.1) is 13.8 Å². The lowest BCUT2D eigenvalue weighted by Gasteiger charge is -2.35. The predicted molar refractivity (Wildman–Crippen MR) is 77.0 cm³/mol. The Morgan fingerprint density at radius 1 is 1.42 bits per heavy atom. The van der Waals surface area contributed by atoms with Gasteiger partial charge < -0.3 is 10.6 Å². The molecule has 1 fully saturated rings. The number of likely N-dealkylation sites (tertiary alicyclic amines) is 1. The van der Waals surface area contributed by atoms with Gasteiger partial charge in [0.05, 0.1) is 28.0 Å². The van der Waals surface area contributed by atoms with Crippen LogP contribution in [0.3, 0.4) is 0 Å². The highest BCUT2D eigenvalue weighted by atomic mass is 32.1. The summed E-state index contributed by atoms with van der Waals surface area (Å²) < 4.78 is 0. The number of nitrogens with two attached hydrogens (primary N) is 1. The molecule has 0 aliphatic carbocycles. The smallest absolute Gasteiger partial charge is 0.256 e. The van der Waals surface area contributed by atoms with E-state index in [1.807, 2.05) is 6.92 Å². The van der Waals surface area contributed by atoms with E-state index in [0.29, 0.717) is 22.8 Å². The van der Waals surface area contributed by atoms with Crippen LogP contribution in [0.25, 0.3) is 0 Å². The first-order valence-corrected chi connectivity index (χ1v) is 6.82. The van der Waals surface area contributed by atoms with Crippen LogP contribution in [0.2, 0.25) is 0 Å². The number of hydrogen-bond acceptors (Lipinski definition) is 4.